The van der Waals surface area contributed by atoms with E-state index in [2.05, 4.69) is 48.6 Å². The van der Waals surface area contributed by atoms with Crippen LogP contribution in [0.15, 0.2) is 42.5 Å². The van der Waals surface area contributed by atoms with Gasteiger partial charge in [-0.2, -0.15) is 0 Å². The van der Waals surface area contributed by atoms with Crippen LogP contribution in [0.1, 0.15) is 25.0 Å². The second kappa shape index (κ2) is 5.36. The first-order chi connectivity index (χ1) is 6.47. The molecule has 1 aliphatic carbocycles. The fourth-order valence-electron chi connectivity index (χ4n) is 1.32. The van der Waals surface area contributed by atoms with Gasteiger partial charge in [-0.1, -0.05) is 62.4 Å². The first-order valence-corrected chi connectivity index (χ1v) is 4.88. The molecule has 0 unspecified atom stereocenters. The van der Waals surface area contributed by atoms with Crippen molar-refractivity contribution in [3.8, 4) is 0 Å². The van der Waals surface area contributed by atoms with Crippen molar-refractivity contribution in [2.45, 2.75) is 20.3 Å². The van der Waals surface area contributed by atoms with Crippen molar-refractivity contribution in [1.29, 1.82) is 0 Å². The summed E-state index contributed by atoms with van der Waals surface area (Å²) in [6.45, 7) is 4.00. The molecule has 13 heavy (non-hydrogen) atoms. The van der Waals surface area contributed by atoms with Crippen LogP contribution >= 0.6 is 0 Å². The Morgan fingerprint density at radius 2 is 1.77 bits per heavy atom. The summed E-state index contributed by atoms with van der Waals surface area (Å²) in [5.41, 5.74) is 2.76. The minimum absolute atomic E-state index is 1.06. The van der Waals surface area contributed by atoms with Crippen LogP contribution in [0.2, 0.25) is 0 Å². The fraction of sp³-hybridized carbons (Fsp3) is 0.231. The van der Waals surface area contributed by atoms with E-state index in [-0.39, 0.29) is 0 Å². The van der Waals surface area contributed by atoms with E-state index >= 15 is 0 Å². The molecule has 2 rings (SSSR count). The third kappa shape index (κ3) is 2.59. The normalized spacial score (nSPS) is 12.5. The third-order valence-electron chi connectivity index (χ3n) is 1.92. The zero-order valence-electron chi connectivity index (χ0n) is 8.33. The standard InChI is InChI=1S/C11H10.C2H6/c1-2-6-10-8-4-5-9-11(10)7-3-1;1-2/h1-6,8-9H,7H2;1-2H3. The molecule has 0 atom stereocenters. The average Bonchev–Trinajstić information content (AvgIpc) is 2.45. The molecule has 0 amide bonds. The second-order valence-corrected chi connectivity index (χ2v) is 2.69. The Bertz CT molecular complexity index is 306. The molecular formula is C13H16. The molecular weight excluding hydrogens is 156 g/mol. The maximum absolute atomic E-state index is 2.18. The van der Waals surface area contributed by atoms with Gasteiger partial charge in [-0.15, -0.1) is 0 Å². The first-order valence-electron chi connectivity index (χ1n) is 4.88. The summed E-state index contributed by atoms with van der Waals surface area (Å²) in [7, 11) is 0. The van der Waals surface area contributed by atoms with Crippen LogP contribution in [0.3, 0.4) is 0 Å². The molecule has 0 bridgehead atoms. The van der Waals surface area contributed by atoms with E-state index in [1.165, 1.54) is 11.1 Å². The van der Waals surface area contributed by atoms with Gasteiger partial charge in [0.05, 0.1) is 0 Å². The molecule has 0 heterocycles. The lowest BCUT2D eigenvalue weighted by molar-refractivity contribution is 1.27. The van der Waals surface area contributed by atoms with Gasteiger partial charge in [0.15, 0.2) is 0 Å². The molecule has 0 fully saturated rings. The third-order valence-corrected chi connectivity index (χ3v) is 1.92. The van der Waals surface area contributed by atoms with E-state index in [9.17, 15) is 0 Å². The maximum Gasteiger partial charge on any atom is -0.00884 e. The Hall–Kier alpha value is -1.30. The summed E-state index contributed by atoms with van der Waals surface area (Å²) >= 11 is 0. The van der Waals surface area contributed by atoms with Gasteiger partial charge in [0.2, 0.25) is 0 Å². The summed E-state index contributed by atoms with van der Waals surface area (Å²) in [6, 6.07) is 8.49. The maximum atomic E-state index is 2.18. The summed E-state index contributed by atoms with van der Waals surface area (Å²) < 4.78 is 0. The van der Waals surface area contributed by atoms with Crippen molar-refractivity contribution in [2.24, 2.45) is 0 Å². The Morgan fingerprint density at radius 1 is 1.00 bits per heavy atom. The zero-order chi connectivity index (χ0) is 9.52. The second-order valence-electron chi connectivity index (χ2n) is 2.69. The van der Waals surface area contributed by atoms with Gasteiger partial charge < -0.3 is 0 Å². The van der Waals surface area contributed by atoms with Crippen LogP contribution in [0.25, 0.3) is 6.08 Å². The summed E-state index contributed by atoms with van der Waals surface area (Å²) in [5, 5.41) is 0. The van der Waals surface area contributed by atoms with E-state index in [0.717, 1.165) is 6.42 Å². The van der Waals surface area contributed by atoms with Gasteiger partial charge in [0.25, 0.3) is 0 Å². The van der Waals surface area contributed by atoms with Crippen molar-refractivity contribution < 1.29 is 0 Å². The number of benzene rings is 1. The number of rotatable bonds is 0. The van der Waals surface area contributed by atoms with Crippen LogP contribution in [-0.4, -0.2) is 0 Å². The fourth-order valence-corrected chi connectivity index (χ4v) is 1.32. The van der Waals surface area contributed by atoms with Gasteiger partial charge in [-0.3, -0.25) is 0 Å². The van der Waals surface area contributed by atoms with E-state index in [4.69, 9.17) is 0 Å². The summed E-state index contributed by atoms with van der Waals surface area (Å²) in [5.74, 6) is 0. The highest BCUT2D eigenvalue weighted by Crippen LogP contribution is 2.14. The predicted octanol–water partition coefficient (Wildman–Crippen LogP) is 3.84. The van der Waals surface area contributed by atoms with Gasteiger partial charge in [0.1, 0.15) is 0 Å². The highest BCUT2D eigenvalue weighted by atomic mass is 14.0. The SMILES string of the molecule is C1=CCc2ccccc2C=C1.CC. The lowest BCUT2D eigenvalue weighted by Crippen LogP contribution is -1.83. The number of fused-ring (bicyclic) bond motifs is 1. The van der Waals surface area contributed by atoms with Crippen LogP contribution in [0, 0.1) is 0 Å². The van der Waals surface area contributed by atoms with Crippen LogP contribution in [-0.2, 0) is 6.42 Å². The minimum atomic E-state index is 1.06. The topological polar surface area (TPSA) is 0 Å². The van der Waals surface area contributed by atoms with Crippen molar-refractivity contribution >= 4 is 6.08 Å². The van der Waals surface area contributed by atoms with E-state index < -0.39 is 0 Å². The molecule has 0 spiro atoms. The molecule has 0 N–H and O–H groups in total. The van der Waals surface area contributed by atoms with Crippen molar-refractivity contribution in [3.05, 3.63) is 53.6 Å². The molecule has 1 aromatic rings. The van der Waals surface area contributed by atoms with Crippen molar-refractivity contribution in [1.82, 2.24) is 0 Å². The summed E-state index contributed by atoms with van der Waals surface area (Å²) in [4.78, 5) is 0. The minimum Gasteiger partial charge on any atom is -0.0801 e. The molecule has 68 valence electrons. The van der Waals surface area contributed by atoms with E-state index in [1.807, 2.05) is 13.8 Å². The average molecular weight is 172 g/mol. The van der Waals surface area contributed by atoms with Crippen LogP contribution in [0.4, 0.5) is 0 Å². The monoisotopic (exact) mass is 172 g/mol. The summed E-state index contributed by atoms with van der Waals surface area (Å²) in [6.07, 6.45) is 9.58. The van der Waals surface area contributed by atoms with Gasteiger partial charge in [-0.25, -0.2) is 0 Å². The smallest absolute Gasteiger partial charge is 0.00884 e. The molecule has 0 aromatic heterocycles. The Labute approximate surface area is 80.6 Å². The number of hydrogen-bond acceptors (Lipinski definition) is 0. The van der Waals surface area contributed by atoms with Crippen LogP contribution < -0.4 is 0 Å². The molecule has 1 aromatic carbocycles. The highest BCUT2D eigenvalue weighted by Gasteiger charge is 1.96. The quantitative estimate of drug-likeness (QED) is 0.557. The van der Waals surface area contributed by atoms with E-state index in [1.54, 1.807) is 0 Å². The Morgan fingerprint density at radius 3 is 2.62 bits per heavy atom. The van der Waals surface area contributed by atoms with Gasteiger partial charge >= 0.3 is 0 Å². The molecule has 0 saturated heterocycles. The molecule has 0 aliphatic heterocycles. The largest absolute Gasteiger partial charge is 0.0801 e. The highest BCUT2D eigenvalue weighted by molar-refractivity contribution is 5.57. The Balaban J connectivity index is 0.000000396. The van der Waals surface area contributed by atoms with Crippen molar-refractivity contribution in [3.63, 3.8) is 0 Å². The number of allylic oxidation sites excluding steroid dienone is 3. The van der Waals surface area contributed by atoms with E-state index in [0.29, 0.717) is 0 Å². The van der Waals surface area contributed by atoms with Gasteiger partial charge in [-0.05, 0) is 17.5 Å². The zero-order valence-corrected chi connectivity index (χ0v) is 8.33. The first kappa shape index (κ1) is 9.79. The predicted molar refractivity (Wildman–Crippen MR) is 59.7 cm³/mol. The lowest BCUT2D eigenvalue weighted by atomic mass is 10.1. The number of hydrogen-bond donors (Lipinski definition) is 0. The molecule has 0 radical (unpaired) electrons. The van der Waals surface area contributed by atoms with Crippen molar-refractivity contribution in [2.75, 3.05) is 0 Å². The lowest BCUT2D eigenvalue weighted by Gasteiger charge is -1.99. The molecule has 0 nitrogen and oxygen atoms in total. The molecule has 1 aliphatic rings. The van der Waals surface area contributed by atoms with Gasteiger partial charge in [0, 0.05) is 0 Å². The molecule has 0 saturated carbocycles. The van der Waals surface area contributed by atoms with Crippen LogP contribution in [0.5, 0.6) is 0 Å². The Kier molecular flexibility index (Phi) is 4.04. The molecule has 0 heteroatoms.